The van der Waals surface area contributed by atoms with Crippen molar-refractivity contribution in [3.8, 4) is 0 Å². The van der Waals surface area contributed by atoms with E-state index in [4.69, 9.17) is 9.40 Å². The molecule has 21 heavy (non-hydrogen) atoms. The van der Waals surface area contributed by atoms with E-state index in [-0.39, 0.29) is 0 Å². The molecule has 2 rings (SSSR count). The van der Waals surface area contributed by atoms with Crippen molar-refractivity contribution in [3.63, 3.8) is 0 Å². The Morgan fingerprint density at radius 3 is 2.62 bits per heavy atom. The maximum absolute atomic E-state index is 5.34. The van der Waals surface area contributed by atoms with Crippen LogP contribution < -0.4 is 5.32 Å². The molecule has 2 aromatic rings. The van der Waals surface area contributed by atoms with Gasteiger partial charge in [-0.3, -0.25) is 9.88 Å². The lowest BCUT2D eigenvalue weighted by Gasteiger charge is -2.16. The van der Waals surface area contributed by atoms with Crippen LogP contribution in [-0.2, 0) is 19.6 Å². The van der Waals surface area contributed by atoms with E-state index in [9.17, 15) is 0 Å². The van der Waals surface area contributed by atoms with E-state index < -0.39 is 0 Å². The van der Waals surface area contributed by atoms with Crippen molar-refractivity contribution in [3.05, 3.63) is 53.2 Å². The van der Waals surface area contributed by atoms with Crippen LogP contribution in [-0.4, -0.2) is 23.0 Å². The van der Waals surface area contributed by atoms with Crippen LogP contribution in [0, 0.1) is 6.92 Å². The Morgan fingerprint density at radius 2 is 1.95 bits per heavy atom. The van der Waals surface area contributed by atoms with Crippen molar-refractivity contribution in [1.82, 2.24) is 15.2 Å². The van der Waals surface area contributed by atoms with Gasteiger partial charge in [0.15, 0.2) is 0 Å². The zero-order chi connectivity index (χ0) is 15.2. The number of aryl methyl sites for hydroxylation is 1. The lowest BCUT2D eigenvalue weighted by molar-refractivity contribution is 0.312. The Kier molecular flexibility index (Phi) is 5.53. The molecule has 0 bridgehead atoms. The summed E-state index contributed by atoms with van der Waals surface area (Å²) < 4.78 is 5.34. The zero-order valence-electron chi connectivity index (χ0n) is 13.4. The van der Waals surface area contributed by atoms with Crippen molar-refractivity contribution < 1.29 is 4.42 Å². The summed E-state index contributed by atoms with van der Waals surface area (Å²) in [4.78, 5) is 6.96. The van der Waals surface area contributed by atoms with Crippen LogP contribution in [0.2, 0.25) is 0 Å². The maximum atomic E-state index is 5.34. The topological polar surface area (TPSA) is 41.3 Å². The minimum Gasteiger partial charge on any atom is -0.469 e. The van der Waals surface area contributed by atoms with E-state index in [0.29, 0.717) is 6.04 Å². The molecule has 0 saturated heterocycles. The summed E-state index contributed by atoms with van der Waals surface area (Å²) in [5.41, 5.74) is 3.42. The van der Waals surface area contributed by atoms with Gasteiger partial charge >= 0.3 is 0 Å². The van der Waals surface area contributed by atoms with E-state index in [0.717, 1.165) is 36.8 Å². The standard InChI is InChI=1S/C17H25N3O/c1-13(2)18-10-16-6-5-7-17(19-16)12-20(4)11-15-8-9-21-14(15)3/h5-9,13,18H,10-12H2,1-4H3. The minimum atomic E-state index is 0.474. The van der Waals surface area contributed by atoms with Gasteiger partial charge < -0.3 is 9.73 Å². The molecule has 1 N–H and O–H groups in total. The van der Waals surface area contributed by atoms with Crippen molar-refractivity contribution >= 4 is 0 Å². The molecule has 0 aromatic carbocycles. The Hall–Kier alpha value is -1.65. The van der Waals surface area contributed by atoms with Gasteiger partial charge in [0.25, 0.3) is 0 Å². The summed E-state index contributed by atoms with van der Waals surface area (Å²) in [7, 11) is 2.10. The molecule has 0 unspecified atom stereocenters. The van der Waals surface area contributed by atoms with Gasteiger partial charge in [0.1, 0.15) is 5.76 Å². The number of nitrogens with zero attached hydrogens (tertiary/aromatic N) is 2. The fourth-order valence-corrected chi connectivity index (χ4v) is 2.22. The third-order valence-corrected chi connectivity index (χ3v) is 3.39. The molecule has 2 heterocycles. The summed E-state index contributed by atoms with van der Waals surface area (Å²) >= 11 is 0. The molecule has 0 aliphatic carbocycles. The molecular formula is C17H25N3O. The van der Waals surface area contributed by atoms with Gasteiger partial charge in [-0.2, -0.15) is 0 Å². The van der Waals surface area contributed by atoms with Crippen molar-refractivity contribution in [2.24, 2.45) is 0 Å². The highest BCUT2D eigenvalue weighted by molar-refractivity contribution is 5.16. The summed E-state index contributed by atoms with van der Waals surface area (Å²) in [6, 6.07) is 8.73. The molecule has 0 atom stereocenters. The van der Waals surface area contributed by atoms with Gasteiger partial charge in [0.2, 0.25) is 0 Å². The number of nitrogens with one attached hydrogen (secondary N) is 1. The van der Waals surface area contributed by atoms with Crippen molar-refractivity contribution in [2.45, 2.75) is 46.4 Å². The number of furan rings is 1. The summed E-state index contributed by atoms with van der Waals surface area (Å²) in [6.07, 6.45) is 1.75. The van der Waals surface area contributed by atoms with E-state index in [1.807, 2.05) is 13.0 Å². The minimum absolute atomic E-state index is 0.474. The summed E-state index contributed by atoms with van der Waals surface area (Å²) in [5.74, 6) is 0.990. The third kappa shape index (κ3) is 4.99. The first-order valence-electron chi connectivity index (χ1n) is 7.44. The first kappa shape index (κ1) is 15.7. The van der Waals surface area contributed by atoms with Crippen molar-refractivity contribution in [2.75, 3.05) is 7.05 Å². The normalized spacial score (nSPS) is 11.5. The molecule has 0 aliphatic heterocycles. The van der Waals surface area contributed by atoms with Gasteiger partial charge in [-0.25, -0.2) is 0 Å². The van der Waals surface area contributed by atoms with Crippen molar-refractivity contribution in [1.29, 1.82) is 0 Å². The second-order valence-corrected chi connectivity index (χ2v) is 5.83. The van der Waals surface area contributed by atoms with E-state index in [2.05, 4.69) is 49.3 Å². The highest BCUT2D eigenvalue weighted by atomic mass is 16.3. The SMILES string of the molecule is Cc1occc1CN(C)Cc1cccc(CNC(C)C)n1. The van der Waals surface area contributed by atoms with Gasteiger partial charge in [-0.1, -0.05) is 19.9 Å². The molecule has 0 spiro atoms. The number of hydrogen-bond acceptors (Lipinski definition) is 4. The zero-order valence-corrected chi connectivity index (χ0v) is 13.4. The second-order valence-electron chi connectivity index (χ2n) is 5.83. The predicted molar refractivity (Wildman–Crippen MR) is 84.8 cm³/mol. The number of aromatic nitrogens is 1. The number of hydrogen-bond donors (Lipinski definition) is 1. The Labute approximate surface area is 127 Å². The van der Waals surface area contributed by atoms with Crippen LogP contribution in [0.1, 0.15) is 36.6 Å². The van der Waals surface area contributed by atoms with Crippen LogP contribution in [0.15, 0.2) is 34.9 Å². The highest BCUT2D eigenvalue weighted by Crippen LogP contribution is 2.12. The smallest absolute Gasteiger partial charge is 0.105 e. The van der Waals surface area contributed by atoms with E-state index in [1.165, 1.54) is 5.56 Å². The molecular weight excluding hydrogens is 262 g/mol. The predicted octanol–water partition coefficient (Wildman–Crippen LogP) is 3.11. The van der Waals surface area contributed by atoms with Crippen LogP contribution in [0.3, 0.4) is 0 Å². The summed E-state index contributed by atoms with van der Waals surface area (Å²) in [6.45, 7) is 8.81. The quantitative estimate of drug-likeness (QED) is 0.849. The number of rotatable bonds is 7. The third-order valence-electron chi connectivity index (χ3n) is 3.39. The Morgan fingerprint density at radius 1 is 1.19 bits per heavy atom. The fraction of sp³-hybridized carbons (Fsp3) is 0.471. The average Bonchev–Trinajstić information content (AvgIpc) is 2.82. The fourth-order valence-electron chi connectivity index (χ4n) is 2.22. The molecule has 0 radical (unpaired) electrons. The van der Waals surface area contributed by atoms with Gasteiger partial charge in [0, 0.05) is 31.2 Å². The van der Waals surface area contributed by atoms with E-state index in [1.54, 1.807) is 6.26 Å². The van der Waals surface area contributed by atoms with Crippen LogP contribution in [0.25, 0.3) is 0 Å². The van der Waals surface area contributed by atoms with E-state index >= 15 is 0 Å². The van der Waals surface area contributed by atoms with Crippen LogP contribution >= 0.6 is 0 Å². The molecule has 4 heteroatoms. The molecule has 0 saturated carbocycles. The lowest BCUT2D eigenvalue weighted by atomic mass is 10.2. The average molecular weight is 287 g/mol. The molecule has 0 aliphatic rings. The van der Waals surface area contributed by atoms with Crippen LogP contribution in [0.4, 0.5) is 0 Å². The summed E-state index contributed by atoms with van der Waals surface area (Å²) in [5, 5.41) is 3.40. The van der Waals surface area contributed by atoms with Gasteiger partial charge in [-0.15, -0.1) is 0 Å². The number of pyridine rings is 1. The Bertz CT molecular complexity index is 563. The molecule has 0 amide bonds. The van der Waals surface area contributed by atoms with Gasteiger partial charge in [0.05, 0.1) is 17.7 Å². The first-order chi connectivity index (χ1) is 10.0. The molecule has 114 valence electrons. The first-order valence-corrected chi connectivity index (χ1v) is 7.44. The Balaban J connectivity index is 1.92. The molecule has 4 nitrogen and oxygen atoms in total. The maximum Gasteiger partial charge on any atom is 0.105 e. The lowest BCUT2D eigenvalue weighted by Crippen LogP contribution is -2.23. The highest BCUT2D eigenvalue weighted by Gasteiger charge is 2.07. The monoisotopic (exact) mass is 287 g/mol. The molecule has 0 fully saturated rings. The largest absolute Gasteiger partial charge is 0.469 e. The van der Waals surface area contributed by atoms with Gasteiger partial charge in [-0.05, 0) is 32.2 Å². The second kappa shape index (κ2) is 7.38. The molecule has 2 aromatic heterocycles. The van der Waals surface area contributed by atoms with Crippen LogP contribution in [0.5, 0.6) is 0 Å².